The fourth-order valence-electron chi connectivity index (χ4n) is 4.59. The second kappa shape index (κ2) is 10.1. The molecule has 33 heavy (non-hydrogen) atoms. The number of imidazole rings is 1. The number of hydrogen-bond acceptors (Lipinski definition) is 4. The van der Waals surface area contributed by atoms with Gasteiger partial charge >= 0.3 is 0 Å². The first-order valence-corrected chi connectivity index (χ1v) is 12.2. The summed E-state index contributed by atoms with van der Waals surface area (Å²) in [5.74, 6) is 0.895. The zero-order valence-electron chi connectivity index (χ0n) is 19.7. The molecule has 1 N–H and O–H groups in total. The van der Waals surface area contributed by atoms with Gasteiger partial charge in [-0.2, -0.15) is 0 Å². The first-order valence-electron chi connectivity index (χ1n) is 11.5. The Morgan fingerprint density at radius 2 is 1.97 bits per heavy atom. The minimum Gasteiger partial charge on any atom is -0.495 e. The third-order valence-corrected chi connectivity index (χ3v) is 7.09. The number of aromatic amines is 1. The zero-order valence-corrected chi connectivity index (χ0v) is 21.3. The number of aromatic nitrogens is 2. The second-order valence-electron chi connectivity index (χ2n) is 8.39. The lowest BCUT2D eigenvalue weighted by atomic mass is 9.89. The highest BCUT2D eigenvalue weighted by Gasteiger charge is 2.25. The predicted octanol–water partition coefficient (Wildman–Crippen LogP) is 5.20. The van der Waals surface area contributed by atoms with Gasteiger partial charge in [-0.05, 0) is 78.0 Å². The van der Waals surface area contributed by atoms with Crippen LogP contribution in [0.1, 0.15) is 46.7 Å². The number of carbonyl (C=O) groups excluding carboxylic acids is 1. The first-order chi connectivity index (χ1) is 16.0. The SMILES string of the molecule is CCN(CC)C(=O)c1ccc(-c2c3c(cc(Br)c2OC)CCN(Cc2[nH]cnc2C)C3)cc1. The largest absolute Gasteiger partial charge is 0.495 e. The summed E-state index contributed by atoms with van der Waals surface area (Å²) in [6.07, 6.45) is 2.73. The molecule has 0 atom stereocenters. The maximum atomic E-state index is 12.8. The minimum atomic E-state index is 0.0656. The number of aryl methyl sites for hydroxylation is 1. The third-order valence-electron chi connectivity index (χ3n) is 6.50. The second-order valence-corrected chi connectivity index (χ2v) is 9.24. The highest BCUT2D eigenvalue weighted by molar-refractivity contribution is 9.10. The fraction of sp³-hybridized carbons (Fsp3) is 0.385. The van der Waals surface area contributed by atoms with Crippen molar-refractivity contribution in [3.05, 3.63) is 69.2 Å². The number of rotatable bonds is 7. The van der Waals surface area contributed by atoms with Crippen LogP contribution in [0.3, 0.4) is 0 Å². The van der Waals surface area contributed by atoms with Gasteiger partial charge in [0.15, 0.2) is 0 Å². The predicted molar refractivity (Wildman–Crippen MR) is 135 cm³/mol. The Morgan fingerprint density at radius 3 is 2.58 bits per heavy atom. The molecule has 6 nitrogen and oxygen atoms in total. The molecule has 4 rings (SSSR count). The smallest absolute Gasteiger partial charge is 0.253 e. The summed E-state index contributed by atoms with van der Waals surface area (Å²) >= 11 is 3.72. The number of H-pyrrole nitrogens is 1. The van der Waals surface area contributed by atoms with Crippen LogP contribution in [-0.4, -0.2) is 52.4 Å². The van der Waals surface area contributed by atoms with Crippen molar-refractivity contribution in [1.29, 1.82) is 0 Å². The number of fused-ring (bicyclic) bond motifs is 1. The summed E-state index contributed by atoms with van der Waals surface area (Å²) in [7, 11) is 1.71. The molecule has 1 aliphatic rings. The normalized spacial score (nSPS) is 13.6. The van der Waals surface area contributed by atoms with Gasteiger partial charge in [0, 0.05) is 43.9 Å². The van der Waals surface area contributed by atoms with E-state index in [1.165, 1.54) is 11.1 Å². The first kappa shape index (κ1) is 23.5. The van der Waals surface area contributed by atoms with Gasteiger partial charge < -0.3 is 14.6 Å². The highest BCUT2D eigenvalue weighted by atomic mass is 79.9. The third kappa shape index (κ3) is 4.70. The topological polar surface area (TPSA) is 61.5 Å². The molecule has 1 aliphatic heterocycles. The van der Waals surface area contributed by atoms with Crippen LogP contribution in [-0.2, 0) is 19.5 Å². The molecule has 0 spiro atoms. The number of carbonyl (C=O) groups is 1. The Hall–Kier alpha value is -2.64. The van der Waals surface area contributed by atoms with Gasteiger partial charge in [-0.25, -0.2) is 4.98 Å². The summed E-state index contributed by atoms with van der Waals surface area (Å²) in [4.78, 5) is 24.7. The Bertz CT molecular complexity index is 1140. The lowest BCUT2D eigenvalue weighted by Gasteiger charge is -2.31. The molecule has 1 amide bonds. The van der Waals surface area contributed by atoms with Crippen molar-refractivity contribution in [3.8, 4) is 16.9 Å². The number of nitrogens with one attached hydrogen (secondary N) is 1. The van der Waals surface area contributed by atoms with Crippen LogP contribution in [0.15, 0.2) is 41.1 Å². The van der Waals surface area contributed by atoms with E-state index >= 15 is 0 Å². The molecule has 0 saturated heterocycles. The van der Waals surface area contributed by atoms with E-state index in [2.05, 4.69) is 36.9 Å². The van der Waals surface area contributed by atoms with Crippen molar-refractivity contribution < 1.29 is 9.53 Å². The lowest BCUT2D eigenvalue weighted by Crippen LogP contribution is -2.31. The molecule has 7 heteroatoms. The molecular weight excluding hydrogens is 480 g/mol. The molecule has 1 aromatic heterocycles. The molecule has 0 saturated carbocycles. The van der Waals surface area contributed by atoms with Crippen molar-refractivity contribution >= 4 is 21.8 Å². The van der Waals surface area contributed by atoms with Gasteiger partial charge in [0.2, 0.25) is 0 Å². The molecule has 0 aliphatic carbocycles. The molecule has 2 aromatic carbocycles. The summed E-state index contributed by atoms with van der Waals surface area (Å²) in [5, 5.41) is 0. The maximum Gasteiger partial charge on any atom is 0.253 e. The number of ether oxygens (including phenoxy) is 1. The maximum absolute atomic E-state index is 12.8. The fourth-order valence-corrected chi connectivity index (χ4v) is 5.23. The zero-order chi connectivity index (χ0) is 23.5. The summed E-state index contributed by atoms with van der Waals surface area (Å²) in [6, 6.07) is 10.1. The van der Waals surface area contributed by atoms with E-state index in [4.69, 9.17) is 4.74 Å². The number of amides is 1. The van der Waals surface area contributed by atoms with Crippen LogP contribution in [0, 0.1) is 6.92 Å². The molecule has 2 heterocycles. The van der Waals surface area contributed by atoms with Crippen LogP contribution in [0.5, 0.6) is 5.75 Å². The quantitative estimate of drug-likeness (QED) is 0.474. The number of benzene rings is 2. The Morgan fingerprint density at radius 1 is 1.24 bits per heavy atom. The summed E-state index contributed by atoms with van der Waals surface area (Å²) < 4.78 is 6.81. The van der Waals surface area contributed by atoms with E-state index in [1.54, 1.807) is 13.4 Å². The highest BCUT2D eigenvalue weighted by Crippen LogP contribution is 2.43. The van der Waals surface area contributed by atoms with E-state index in [1.807, 2.05) is 49.9 Å². The number of methoxy groups -OCH3 is 1. The van der Waals surface area contributed by atoms with Crippen LogP contribution in [0.25, 0.3) is 11.1 Å². The van der Waals surface area contributed by atoms with Gasteiger partial charge in [0.1, 0.15) is 5.75 Å². The average Bonchev–Trinajstić information content (AvgIpc) is 3.23. The molecule has 174 valence electrons. The van der Waals surface area contributed by atoms with Crippen molar-refractivity contribution in [2.75, 3.05) is 26.7 Å². The minimum absolute atomic E-state index is 0.0656. The summed E-state index contributed by atoms with van der Waals surface area (Å²) in [6.45, 7) is 10.1. The van der Waals surface area contributed by atoms with Crippen molar-refractivity contribution in [2.24, 2.45) is 0 Å². The van der Waals surface area contributed by atoms with Crippen molar-refractivity contribution in [3.63, 3.8) is 0 Å². The van der Waals surface area contributed by atoms with Crippen LogP contribution >= 0.6 is 15.9 Å². The molecule has 0 unspecified atom stereocenters. The van der Waals surface area contributed by atoms with E-state index in [-0.39, 0.29) is 5.91 Å². The van der Waals surface area contributed by atoms with Gasteiger partial charge in [0.25, 0.3) is 5.91 Å². The van der Waals surface area contributed by atoms with Crippen LogP contribution in [0.2, 0.25) is 0 Å². The number of hydrogen-bond donors (Lipinski definition) is 1. The number of halogens is 1. The average molecular weight is 511 g/mol. The van der Waals surface area contributed by atoms with Crippen LogP contribution in [0.4, 0.5) is 0 Å². The van der Waals surface area contributed by atoms with Crippen molar-refractivity contribution in [2.45, 2.75) is 40.3 Å². The molecular formula is C26H31BrN4O2. The number of nitrogens with zero attached hydrogens (tertiary/aromatic N) is 3. The van der Waals surface area contributed by atoms with E-state index in [9.17, 15) is 4.79 Å². The van der Waals surface area contributed by atoms with Gasteiger partial charge in [-0.15, -0.1) is 0 Å². The molecule has 0 bridgehead atoms. The van der Waals surface area contributed by atoms with Crippen LogP contribution < -0.4 is 4.74 Å². The van der Waals surface area contributed by atoms with Gasteiger partial charge in [0.05, 0.1) is 29.3 Å². The van der Waals surface area contributed by atoms with Gasteiger partial charge in [-0.1, -0.05) is 12.1 Å². The Balaban J connectivity index is 1.70. The van der Waals surface area contributed by atoms with Gasteiger partial charge in [-0.3, -0.25) is 9.69 Å². The molecule has 3 aromatic rings. The standard InChI is InChI=1S/C26H31BrN4O2/c1-5-31(6-2)26(32)19-9-7-18(8-10-19)24-21-14-30(15-23-17(3)28-16-29-23)12-11-20(21)13-22(27)25(24)33-4/h7-10,13,16H,5-6,11-12,14-15H2,1-4H3,(H,28,29). The molecule has 0 fully saturated rings. The van der Waals surface area contributed by atoms with E-state index in [0.717, 1.165) is 58.8 Å². The lowest BCUT2D eigenvalue weighted by molar-refractivity contribution is 0.0773. The van der Waals surface area contributed by atoms with E-state index in [0.29, 0.717) is 18.7 Å². The monoisotopic (exact) mass is 510 g/mol. The summed E-state index contributed by atoms with van der Waals surface area (Å²) in [5.41, 5.74) is 7.67. The Kier molecular flexibility index (Phi) is 7.20. The Labute approximate surface area is 204 Å². The van der Waals surface area contributed by atoms with Crippen molar-refractivity contribution in [1.82, 2.24) is 19.8 Å². The molecule has 0 radical (unpaired) electrons. The van der Waals surface area contributed by atoms with E-state index < -0.39 is 0 Å².